The summed E-state index contributed by atoms with van der Waals surface area (Å²) in [6.45, 7) is 1.40. The number of benzene rings is 2. The SMILES string of the molecule is O=C(NCCc1ccccc1)c1ccc2c(=O)n(CC3CCCO3)c(=O)[nH]c2c1. The van der Waals surface area contributed by atoms with Crippen molar-refractivity contribution in [2.75, 3.05) is 13.2 Å². The number of aromatic nitrogens is 2. The summed E-state index contributed by atoms with van der Waals surface area (Å²) in [7, 11) is 0. The third kappa shape index (κ3) is 4.30. The molecular formula is C22H23N3O4. The van der Waals surface area contributed by atoms with Gasteiger partial charge in [-0.15, -0.1) is 0 Å². The first-order valence-corrected chi connectivity index (χ1v) is 9.82. The Morgan fingerprint density at radius 2 is 2.00 bits per heavy atom. The second-order valence-corrected chi connectivity index (χ2v) is 7.23. The van der Waals surface area contributed by atoms with Gasteiger partial charge in [-0.2, -0.15) is 0 Å². The van der Waals surface area contributed by atoms with Crippen molar-refractivity contribution in [3.8, 4) is 0 Å². The van der Waals surface area contributed by atoms with Crippen LogP contribution in [-0.4, -0.2) is 34.7 Å². The molecule has 1 saturated heterocycles. The van der Waals surface area contributed by atoms with Gasteiger partial charge in [-0.3, -0.25) is 14.2 Å². The molecule has 7 heteroatoms. The Balaban J connectivity index is 1.50. The maximum absolute atomic E-state index is 12.7. The summed E-state index contributed by atoms with van der Waals surface area (Å²) in [6, 6.07) is 14.6. The first-order valence-electron chi connectivity index (χ1n) is 9.82. The van der Waals surface area contributed by atoms with Crippen molar-refractivity contribution < 1.29 is 9.53 Å². The van der Waals surface area contributed by atoms with Gasteiger partial charge in [0.25, 0.3) is 11.5 Å². The van der Waals surface area contributed by atoms with Crippen LogP contribution in [0, 0.1) is 0 Å². The predicted octanol–water partition coefficient (Wildman–Crippen LogP) is 1.84. The van der Waals surface area contributed by atoms with Crippen LogP contribution in [0.3, 0.4) is 0 Å². The fourth-order valence-electron chi connectivity index (χ4n) is 3.62. The second-order valence-electron chi connectivity index (χ2n) is 7.23. The number of H-pyrrole nitrogens is 1. The minimum atomic E-state index is -0.486. The van der Waals surface area contributed by atoms with E-state index in [-0.39, 0.29) is 24.1 Å². The van der Waals surface area contributed by atoms with Crippen molar-refractivity contribution >= 4 is 16.8 Å². The van der Waals surface area contributed by atoms with Crippen LogP contribution < -0.4 is 16.6 Å². The van der Waals surface area contributed by atoms with Crippen molar-refractivity contribution in [1.82, 2.24) is 14.9 Å². The Kier molecular flexibility index (Phi) is 5.57. The minimum absolute atomic E-state index is 0.110. The maximum Gasteiger partial charge on any atom is 0.328 e. The Morgan fingerprint density at radius 3 is 2.76 bits per heavy atom. The van der Waals surface area contributed by atoms with Gasteiger partial charge in [0.2, 0.25) is 0 Å². The molecule has 1 aliphatic rings. The summed E-state index contributed by atoms with van der Waals surface area (Å²) < 4.78 is 6.71. The molecule has 0 radical (unpaired) electrons. The van der Waals surface area contributed by atoms with Crippen LogP contribution in [0.2, 0.25) is 0 Å². The number of nitrogens with zero attached hydrogens (tertiary/aromatic N) is 1. The molecule has 29 heavy (non-hydrogen) atoms. The van der Waals surface area contributed by atoms with Gasteiger partial charge in [0.1, 0.15) is 0 Å². The van der Waals surface area contributed by atoms with Gasteiger partial charge < -0.3 is 15.0 Å². The molecule has 0 spiro atoms. The lowest BCUT2D eigenvalue weighted by molar-refractivity contribution is 0.0950. The molecule has 2 heterocycles. The van der Waals surface area contributed by atoms with Crippen LogP contribution >= 0.6 is 0 Å². The van der Waals surface area contributed by atoms with E-state index >= 15 is 0 Å². The summed E-state index contributed by atoms with van der Waals surface area (Å²) in [5, 5.41) is 3.25. The van der Waals surface area contributed by atoms with Crippen LogP contribution in [0.15, 0.2) is 58.1 Å². The van der Waals surface area contributed by atoms with Gasteiger partial charge in [0.05, 0.1) is 23.6 Å². The summed E-state index contributed by atoms with van der Waals surface area (Å²) in [6.07, 6.45) is 2.39. The van der Waals surface area contributed by atoms with Gasteiger partial charge in [0, 0.05) is 18.7 Å². The standard InChI is InChI=1S/C22H23N3O4/c26-20(23-11-10-15-5-2-1-3-6-15)16-8-9-18-19(13-16)24-22(28)25(21(18)27)14-17-7-4-12-29-17/h1-3,5-6,8-9,13,17H,4,7,10-12,14H2,(H,23,26)(H,24,28). The molecule has 1 fully saturated rings. The Bertz CT molecular complexity index is 1130. The number of carbonyl (C=O) groups is 1. The van der Waals surface area contributed by atoms with Gasteiger partial charge >= 0.3 is 5.69 Å². The smallest absolute Gasteiger partial charge is 0.328 e. The molecular weight excluding hydrogens is 370 g/mol. The van der Waals surface area contributed by atoms with E-state index in [0.29, 0.717) is 29.6 Å². The van der Waals surface area contributed by atoms with Crippen molar-refractivity contribution in [3.63, 3.8) is 0 Å². The number of aromatic amines is 1. The van der Waals surface area contributed by atoms with Crippen molar-refractivity contribution in [2.45, 2.75) is 31.9 Å². The molecule has 2 N–H and O–H groups in total. The number of nitrogens with one attached hydrogen (secondary N) is 2. The van der Waals surface area contributed by atoms with Crippen molar-refractivity contribution in [3.05, 3.63) is 80.5 Å². The van der Waals surface area contributed by atoms with Crippen LogP contribution in [0.5, 0.6) is 0 Å². The quantitative estimate of drug-likeness (QED) is 0.668. The van der Waals surface area contributed by atoms with E-state index in [1.165, 1.54) is 4.57 Å². The molecule has 150 valence electrons. The van der Waals surface area contributed by atoms with Gasteiger partial charge in [-0.05, 0) is 43.0 Å². The number of ether oxygens (including phenoxy) is 1. The van der Waals surface area contributed by atoms with Crippen molar-refractivity contribution in [2.24, 2.45) is 0 Å². The molecule has 1 aliphatic heterocycles. The van der Waals surface area contributed by atoms with E-state index in [2.05, 4.69) is 10.3 Å². The molecule has 1 unspecified atom stereocenters. The highest BCUT2D eigenvalue weighted by Gasteiger charge is 2.19. The highest BCUT2D eigenvalue weighted by Crippen LogP contribution is 2.14. The first-order chi connectivity index (χ1) is 14.1. The molecule has 4 rings (SSSR count). The molecule has 1 amide bonds. The third-order valence-corrected chi connectivity index (χ3v) is 5.20. The zero-order valence-electron chi connectivity index (χ0n) is 16.0. The lowest BCUT2D eigenvalue weighted by atomic mass is 10.1. The average Bonchev–Trinajstić information content (AvgIpc) is 3.25. The minimum Gasteiger partial charge on any atom is -0.376 e. The molecule has 7 nitrogen and oxygen atoms in total. The zero-order valence-corrected chi connectivity index (χ0v) is 16.0. The normalized spacial score (nSPS) is 16.2. The average molecular weight is 393 g/mol. The van der Waals surface area contributed by atoms with Gasteiger partial charge in [-0.25, -0.2) is 4.79 Å². The monoisotopic (exact) mass is 393 g/mol. The number of hydrogen-bond donors (Lipinski definition) is 2. The highest BCUT2D eigenvalue weighted by atomic mass is 16.5. The molecule has 1 aromatic heterocycles. The summed E-state index contributed by atoms with van der Waals surface area (Å²) in [4.78, 5) is 40.3. The number of amides is 1. The fourth-order valence-corrected chi connectivity index (χ4v) is 3.62. The van der Waals surface area contributed by atoms with Gasteiger partial charge in [0.15, 0.2) is 0 Å². The number of hydrogen-bond acceptors (Lipinski definition) is 4. The van der Waals surface area contributed by atoms with E-state index in [0.717, 1.165) is 24.8 Å². The maximum atomic E-state index is 12.7. The topological polar surface area (TPSA) is 93.2 Å². The Labute approximate surface area is 167 Å². The largest absolute Gasteiger partial charge is 0.376 e. The summed E-state index contributed by atoms with van der Waals surface area (Å²) in [5.74, 6) is -0.243. The lowest BCUT2D eigenvalue weighted by Gasteiger charge is -2.12. The van der Waals surface area contributed by atoms with E-state index in [4.69, 9.17) is 4.74 Å². The summed E-state index contributed by atoms with van der Waals surface area (Å²) in [5.41, 5.74) is 1.05. The fraction of sp³-hybridized carbons (Fsp3) is 0.318. The summed E-state index contributed by atoms with van der Waals surface area (Å²) >= 11 is 0. The van der Waals surface area contributed by atoms with Crippen LogP contribution in [0.4, 0.5) is 0 Å². The zero-order chi connectivity index (χ0) is 20.2. The molecule has 0 aliphatic carbocycles. The molecule has 0 bridgehead atoms. The Morgan fingerprint density at radius 1 is 1.17 bits per heavy atom. The van der Waals surface area contributed by atoms with Gasteiger partial charge in [-0.1, -0.05) is 30.3 Å². The molecule has 0 saturated carbocycles. The number of rotatable bonds is 6. The van der Waals surface area contributed by atoms with Crippen LogP contribution in [0.25, 0.3) is 10.9 Å². The van der Waals surface area contributed by atoms with Crippen LogP contribution in [0.1, 0.15) is 28.8 Å². The first kappa shape index (κ1) is 19.1. The Hall–Kier alpha value is -3.19. The van der Waals surface area contributed by atoms with E-state index in [9.17, 15) is 14.4 Å². The van der Waals surface area contributed by atoms with E-state index in [1.54, 1.807) is 18.2 Å². The highest BCUT2D eigenvalue weighted by molar-refractivity contribution is 5.97. The lowest BCUT2D eigenvalue weighted by Crippen LogP contribution is -2.38. The van der Waals surface area contributed by atoms with Crippen molar-refractivity contribution in [1.29, 1.82) is 0 Å². The van der Waals surface area contributed by atoms with E-state index < -0.39 is 5.69 Å². The third-order valence-electron chi connectivity index (χ3n) is 5.20. The predicted molar refractivity (Wildman–Crippen MR) is 110 cm³/mol. The number of carbonyl (C=O) groups excluding carboxylic acids is 1. The number of fused-ring (bicyclic) bond motifs is 1. The van der Waals surface area contributed by atoms with E-state index in [1.807, 2.05) is 30.3 Å². The van der Waals surface area contributed by atoms with Crippen LogP contribution in [-0.2, 0) is 17.7 Å². The molecule has 1 atom stereocenters. The molecule has 3 aromatic rings. The second kappa shape index (κ2) is 8.45. The molecule has 2 aromatic carbocycles.